The van der Waals surface area contributed by atoms with Crippen molar-refractivity contribution in [2.75, 3.05) is 13.1 Å². The third-order valence-corrected chi connectivity index (χ3v) is 3.90. The Hall–Kier alpha value is -2.18. The van der Waals surface area contributed by atoms with Crippen LogP contribution in [0.5, 0.6) is 0 Å². The first-order valence-electron chi connectivity index (χ1n) is 7.42. The lowest BCUT2D eigenvalue weighted by molar-refractivity contribution is -0.133. The van der Waals surface area contributed by atoms with Crippen molar-refractivity contribution >= 4 is 5.91 Å². The first-order chi connectivity index (χ1) is 10.3. The van der Waals surface area contributed by atoms with E-state index in [1.165, 1.54) is 0 Å². The van der Waals surface area contributed by atoms with Crippen LogP contribution in [0.2, 0.25) is 0 Å². The van der Waals surface area contributed by atoms with Gasteiger partial charge in [-0.1, -0.05) is 0 Å². The van der Waals surface area contributed by atoms with Crippen molar-refractivity contribution in [3.63, 3.8) is 0 Å². The summed E-state index contributed by atoms with van der Waals surface area (Å²) in [6.07, 6.45) is 10.4. The first-order valence-corrected chi connectivity index (χ1v) is 7.42. The Morgan fingerprint density at radius 3 is 3.05 bits per heavy atom. The van der Waals surface area contributed by atoms with Gasteiger partial charge in [0.05, 0.1) is 6.04 Å². The summed E-state index contributed by atoms with van der Waals surface area (Å²) in [5.41, 5.74) is 0. The number of hydrogen-bond acceptors (Lipinski definition) is 4. The Bertz CT molecular complexity index is 550. The maximum atomic E-state index is 12.3. The minimum Gasteiger partial charge on any atom is -0.341 e. The van der Waals surface area contributed by atoms with Gasteiger partial charge in [-0.05, 0) is 25.3 Å². The molecule has 21 heavy (non-hydrogen) atoms. The van der Waals surface area contributed by atoms with Crippen molar-refractivity contribution < 1.29 is 4.79 Å². The molecule has 0 aliphatic carbocycles. The quantitative estimate of drug-likeness (QED) is 0.826. The van der Waals surface area contributed by atoms with Crippen LogP contribution in [0.3, 0.4) is 0 Å². The van der Waals surface area contributed by atoms with Crippen molar-refractivity contribution in [1.29, 1.82) is 0 Å². The summed E-state index contributed by atoms with van der Waals surface area (Å²) < 4.78 is 3.73. The highest BCUT2D eigenvalue weighted by Crippen LogP contribution is 2.21. The molecule has 7 heteroatoms. The molecule has 2 aromatic rings. The average molecular weight is 288 g/mol. The Morgan fingerprint density at radius 1 is 1.33 bits per heavy atom. The number of piperidine rings is 1. The van der Waals surface area contributed by atoms with Gasteiger partial charge in [-0.25, -0.2) is 9.67 Å². The van der Waals surface area contributed by atoms with E-state index in [-0.39, 0.29) is 11.9 Å². The van der Waals surface area contributed by atoms with E-state index >= 15 is 0 Å². The van der Waals surface area contributed by atoms with E-state index in [4.69, 9.17) is 0 Å². The summed E-state index contributed by atoms with van der Waals surface area (Å²) in [6.45, 7) is 2.38. The molecule has 3 heterocycles. The summed E-state index contributed by atoms with van der Waals surface area (Å²) in [7, 11) is 0. The third kappa shape index (κ3) is 3.48. The third-order valence-electron chi connectivity index (χ3n) is 3.90. The van der Waals surface area contributed by atoms with E-state index in [0.29, 0.717) is 6.42 Å². The van der Waals surface area contributed by atoms with Gasteiger partial charge >= 0.3 is 0 Å². The van der Waals surface area contributed by atoms with E-state index in [0.717, 1.165) is 38.9 Å². The van der Waals surface area contributed by atoms with Gasteiger partial charge in [-0.2, -0.15) is 10.2 Å². The molecule has 1 fully saturated rings. The molecule has 1 amide bonds. The number of carbonyl (C=O) groups excluding carboxylic acids is 1. The molecule has 7 nitrogen and oxygen atoms in total. The van der Waals surface area contributed by atoms with Crippen LogP contribution in [-0.2, 0) is 11.3 Å². The fourth-order valence-corrected chi connectivity index (χ4v) is 2.79. The minimum atomic E-state index is 0.229. The van der Waals surface area contributed by atoms with Crippen molar-refractivity contribution in [1.82, 2.24) is 29.4 Å². The number of aryl methyl sites for hydroxylation is 1. The first kappa shape index (κ1) is 13.8. The second-order valence-electron chi connectivity index (χ2n) is 5.38. The minimum absolute atomic E-state index is 0.229. The van der Waals surface area contributed by atoms with Crippen molar-refractivity contribution in [3.8, 4) is 0 Å². The lowest BCUT2D eigenvalue weighted by atomic mass is 10.1. The molecule has 0 spiro atoms. The van der Waals surface area contributed by atoms with Gasteiger partial charge in [0.2, 0.25) is 5.91 Å². The molecule has 1 aliphatic heterocycles. The molecule has 112 valence electrons. The fourth-order valence-electron chi connectivity index (χ4n) is 2.79. The predicted octanol–water partition coefficient (Wildman–Crippen LogP) is 1.12. The number of rotatable bonds is 5. The smallest absolute Gasteiger partial charge is 0.222 e. The fraction of sp³-hybridized carbons (Fsp3) is 0.571. The second-order valence-corrected chi connectivity index (χ2v) is 5.38. The van der Waals surface area contributed by atoms with Crippen LogP contribution in [0.25, 0.3) is 0 Å². The highest BCUT2D eigenvalue weighted by atomic mass is 16.2. The monoisotopic (exact) mass is 288 g/mol. The van der Waals surface area contributed by atoms with Crippen LogP contribution < -0.4 is 0 Å². The van der Waals surface area contributed by atoms with Crippen LogP contribution in [0.15, 0.2) is 31.1 Å². The number of amides is 1. The summed E-state index contributed by atoms with van der Waals surface area (Å²) in [6, 6.07) is 2.16. The molecule has 0 N–H and O–H groups in total. The topological polar surface area (TPSA) is 68.8 Å². The lowest BCUT2D eigenvalue weighted by Gasteiger charge is -2.32. The standard InChI is InChI=1S/C14H20N6O/c21-14(5-2-8-19-9-3-6-16-19)18-7-1-4-13(10-18)20-12-15-11-17-20/h3,6,9,11-13H,1-2,4-5,7-8,10H2/t13-/m1/s1. The Labute approximate surface area is 123 Å². The van der Waals surface area contributed by atoms with E-state index < -0.39 is 0 Å². The molecule has 1 atom stereocenters. The molecule has 0 bridgehead atoms. The zero-order chi connectivity index (χ0) is 14.5. The Morgan fingerprint density at radius 2 is 2.29 bits per heavy atom. The van der Waals surface area contributed by atoms with E-state index in [9.17, 15) is 4.79 Å². The van der Waals surface area contributed by atoms with Gasteiger partial charge < -0.3 is 4.90 Å². The van der Waals surface area contributed by atoms with Crippen molar-refractivity contribution in [3.05, 3.63) is 31.1 Å². The zero-order valence-electron chi connectivity index (χ0n) is 12.0. The number of likely N-dealkylation sites (tertiary alicyclic amines) is 1. The molecule has 3 rings (SSSR count). The van der Waals surface area contributed by atoms with Gasteiger partial charge in [0.1, 0.15) is 12.7 Å². The van der Waals surface area contributed by atoms with E-state index in [1.54, 1.807) is 18.9 Å². The van der Waals surface area contributed by atoms with E-state index in [1.807, 2.05) is 26.5 Å². The van der Waals surface area contributed by atoms with Gasteiger partial charge in [0.25, 0.3) is 0 Å². The van der Waals surface area contributed by atoms with Crippen LogP contribution >= 0.6 is 0 Å². The second kappa shape index (κ2) is 6.51. The molecule has 1 aliphatic rings. The molecule has 0 unspecified atom stereocenters. The summed E-state index contributed by atoms with van der Waals surface area (Å²) in [5.74, 6) is 0.229. The van der Waals surface area contributed by atoms with Crippen LogP contribution in [0.4, 0.5) is 0 Å². The largest absolute Gasteiger partial charge is 0.341 e. The molecule has 2 aromatic heterocycles. The number of aromatic nitrogens is 5. The molecule has 0 saturated carbocycles. The highest BCUT2D eigenvalue weighted by Gasteiger charge is 2.24. The van der Waals surface area contributed by atoms with Crippen LogP contribution in [0, 0.1) is 0 Å². The number of nitrogens with zero attached hydrogens (tertiary/aromatic N) is 6. The van der Waals surface area contributed by atoms with Gasteiger partial charge in [-0.3, -0.25) is 9.48 Å². The molecular formula is C14H20N6O. The van der Waals surface area contributed by atoms with Crippen LogP contribution in [0.1, 0.15) is 31.7 Å². The summed E-state index contributed by atoms with van der Waals surface area (Å²) in [5, 5.41) is 8.33. The van der Waals surface area contributed by atoms with Gasteiger partial charge in [0.15, 0.2) is 0 Å². The molecule has 1 saturated heterocycles. The lowest BCUT2D eigenvalue weighted by Crippen LogP contribution is -2.40. The van der Waals surface area contributed by atoms with Crippen LogP contribution in [-0.4, -0.2) is 48.4 Å². The molecule has 0 radical (unpaired) electrons. The molecule has 0 aromatic carbocycles. The Kier molecular flexibility index (Phi) is 4.28. The van der Waals surface area contributed by atoms with E-state index in [2.05, 4.69) is 15.2 Å². The molecular weight excluding hydrogens is 268 g/mol. The average Bonchev–Trinajstić information content (AvgIpc) is 3.21. The number of carbonyl (C=O) groups is 1. The maximum Gasteiger partial charge on any atom is 0.222 e. The maximum absolute atomic E-state index is 12.3. The zero-order valence-corrected chi connectivity index (χ0v) is 12.0. The van der Waals surface area contributed by atoms with Crippen molar-refractivity contribution in [2.45, 2.75) is 38.3 Å². The summed E-state index contributed by atoms with van der Waals surface area (Å²) >= 11 is 0. The number of hydrogen-bond donors (Lipinski definition) is 0. The van der Waals surface area contributed by atoms with Gasteiger partial charge in [0, 0.05) is 38.4 Å². The summed E-state index contributed by atoms with van der Waals surface area (Å²) in [4.78, 5) is 18.2. The van der Waals surface area contributed by atoms with Gasteiger partial charge in [-0.15, -0.1) is 0 Å². The normalized spacial score (nSPS) is 18.9. The Balaban J connectivity index is 1.48. The predicted molar refractivity (Wildman–Crippen MR) is 76.3 cm³/mol. The SMILES string of the molecule is O=C(CCCn1cccn1)N1CCC[C@@H](n2cncn2)C1. The highest BCUT2D eigenvalue weighted by molar-refractivity contribution is 5.76. The van der Waals surface area contributed by atoms with Crippen molar-refractivity contribution in [2.24, 2.45) is 0 Å².